The maximum atomic E-state index is 11.5. The van der Waals surface area contributed by atoms with E-state index in [0.717, 1.165) is 0 Å². The van der Waals surface area contributed by atoms with E-state index in [2.05, 4.69) is 10.0 Å². The van der Waals surface area contributed by atoms with Crippen molar-refractivity contribution < 1.29 is 4.79 Å². The number of carbonyl (C=O) groups is 1. The third-order valence-corrected chi connectivity index (χ3v) is 3.36. The van der Waals surface area contributed by atoms with Crippen LogP contribution in [0.2, 0.25) is 0 Å². The van der Waals surface area contributed by atoms with Crippen molar-refractivity contribution in [1.82, 2.24) is 0 Å². The third-order valence-electron chi connectivity index (χ3n) is 3.36. The standard InChI is InChI=1S/C12H9N3O/c13-15-14-12(16)11-9-6-5-7-3-1-2-4-8(7)10(9)11/h1-6,9-11H/t9-,10+,11+/m1/s1. The first-order chi connectivity index (χ1) is 7.83. The fourth-order valence-corrected chi connectivity index (χ4v) is 2.58. The molecular weight excluding hydrogens is 202 g/mol. The molecule has 16 heavy (non-hydrogen) atoms. The lowest BCUT2D eigenvalue weighted by Crippen LogP contribution is -1.97. The fourth-order valence-electron chi connectivity index (χ4n) is 2.58. The topological polar surface area (TPSA) is 65.8 Å². The molecule has 2 aliphatic rings. The zero-order valence-corrected chi connectivity index (χ0v) is 8.45. The zero-order chi connectivity index (χ0) is 11.1. The van der Waals surface area contributed by atoms with E-state index in [-0.39, 0.29) is 23.7 Å². The van der Waals surface area contributed by atoms with Gasteiger partial charge in [-0.25, -0.2) is 0 Å². The summed E-state index contributed by atoms with van der Waals surface area (Å²) < 4.78 is 0. The maximum absolute atomic E-state index is 11.5. The quantitative estimate of drug-likeness (QED) is 0.400. The molecule has 0 radical (unpaired) electrons. The summed E-state index contributed by atoms with van der Waals surface area (Å²) in [5, 5.41) is 3.19. The third kappa shape index (κ3) is 1.17. The summed E-state index contributed by atoms with van der Waals surface area (Å²) in [4.78, 5) is 14.1. The Labute approximate surface area is 92.2 Å². The largest absolute Gasteiger partial charge is 0.292 e. The van der Waals surface area contributed by atoms with E-state index in [1.807, 2.05) is 36.4 Å². The van der Waals surface area contributed by atoms with Crippen molar-refractivity contribution in [2.24, 2.45) is 17.0 Å². The van der Waals surface area contributed by atoms with Crippen molar-refractivity contribution in [3.63, 3.8) is 0 Å². The molecule has 0 bridgehead atoms. The van der Waals surface area contributed by atoms with Crippen molar-refractivity contribution in [1.29, 1.82) is 0 Å². The van der Waals surface area contributed by atoms with Gasteiger partial charge in [0.15, 0.2) is 0 Å². The minimum absolute atomic E-state index is 0.143. The van der Waals surface area contributed by atoms with Crippen LogP contribution in [0.5, 0.6) is 0 Å². The van der Waals surface area contributed by atoms with E-state index < -0.39 is 0 Å². The van der Waals surface area contributed by atoms with Gasteiger partial charge < -0.3 is 0 Å². The Balaban J connectivity index is 1.97. The van der Waals surface area contributed by atoms with Crippen LogP contribution in [-0.4, -0.2) is 5.91 Å². The molecule has 1 aromatic carbocycles. The molecule has 0 aromatic heterocycles. The highest BCUT2D eigenvalue weighted by Gasteiger charge is 2.54. The number of benzene rings is 1. The second-order valence-electron chi connectivity index (χ2n) is 4.14. The number of fused-ring (bicyclic) bond motifs is 3. The lowest BCUT2D eigenvalue weighted by molar-refractivity contribution is -0.119. The van der Waals surface area contributed by atoms with Gasteiger partial charge in [-0.1, -0.05) is 36.4 Å². The summed E-state index contributed by atoms with van der Waals surface area (Å²) in [6.07, 6.45) is 4.09. The van der Waals surface area contributed by atoms with Crippen LogP contribution in [0.1, 0.15) is 17.0 Å². The predicted octanol–water partition coefficient (Wildman–Crippen LogP) is 2.88. The molecule has 0 aliphatic heterocycles. The van der Waals surface area contributed by atoms with E-state index >= 15 is 0 Å². The van der Waals surface area contributed by atoms with Crippen LogP contribution >= 0.6 is 0 Å². The smallest absolute Gasteiger partial charge is 0.223 e. The highest BCUT2D eigenvalue weighted by Crippen LogP contribution is 2.58. The van der Waals surface area contributed by atoms with Crippen LogP contribution in [0.15, 0.2) is 35.5 Å². The van der Waals surface area contributed by atoms with E-state index in [4.69, 9.17) is 5.53 Å². The minimum atomic E-state index is -0.334. The van der Waals surface area contributed by atoms with E-state index in [0.29, 0.717) is 0 Å². The van der Waals surface area contributed by atoms with Crippen LogP contribution in [-0.2, 0) is 4.79 Å². The predicted molar refractivity (Wildman–Crippen MR) is 59.4 cm³/mol. The average Bonchev–Trinajstić information content (AvgIpc) is 3.04. The molecule has 4 nitrogen and oxygen atoms in total. The molecule has 3 atom stereocenters. The maximum Gasteiger partial charge on any atom is 0.223 e. The minimum Gasteiger partial charge on any atom is -0.292 e. The van der Waals surface area contributed by atoms with E-state index in [1.54, 1.807) is 0 Å². The summed E-state index contributed by atoms with van der Waals surface area (Å²) in [6, 6.07) is 8.04. The molecule has 1 amide bonds. The van der Waals surface area contributed by atoms with Crippen molar-refractivity contribution in [3.05, 3.63) is 51.9 Å². The first kappa shape index (κ1) is 9.19. The molecular formula is C12H9N3O. The van der Waals surface area contributed by atoms with Gasteiger partial charge in [0.25, 0.3) is 0 Å². The lowest BCUT2D eigenvalue weighted by Gasteiger charge is -2.07. The number of hydrogen-bond donors (Lipinski definition) is 0. The second-order valence-corrected chi connectivity index (χ2v) is 4.14. The molecule has 1 fully saturated rings. The Kier molecular flexibility index (Phi) is 1.85. The summed E-state index contributed by atoms with van der Waals surface area (Å²) in [5.41, 5.74) is 10.6. The number of azide groups is 1. The number of rotatable bonds is 1. The molecule has 0 heterocycles. The SMILES string of the molecule is [N-]=[N+]=NC(=O)[C@H]1[C@@H]2C=Cc3ccccc3[C@@H]21. The van der Waals surface area contributed by atoms with Crippen molar-refractivity contribution in [3.8, 4) is 0 Å². The number of nitrogens with zero attached hydrogens (tertiary/aromatic N) is 3. The van der Waals surface area contributed by atoms with Crippen LogP contribution in [0, 0.1) is 11.8 Å². The van der Waals surface area contributed by atoms with Crippen LogP contribution in [0.4, 0.5) is 0 Å². The summed E-state index contributed by atoms with van der Waals surface area (Å²) >= 11 is 0. The van der Waals surface area contributed by atoms with Crippen LogP contribution in [0.3, 0.4) is 0 Å². The summed E-state index contributed by atoms with van der Waals surface area (Å²) in [5.74, 6) is -0.0262. The number of hydrogen-bond acceptors (Lipinski definition) is 1. The van der Waals surface area contributed by atoms with Gasteiger partial charge in [0.05, 0.1) is 0 Å². The number of amides is 1. The first-order valence-electron chi connectivity index (χ1n) is 5.19. The lowest BCUT2D eigenvalue weighted by atomic mass is 9.97. The van der Waals surface area contributed by atoms with Gasteiger partial charge in [0.2, 0.25) is 5.91 Å². The number of allylic oxidation sites excluding steroid dienone is 1. The normalized spacial score (nSPS) is 28.6. The summed E-state index contributed by atoms with van der Waals surface area (Å²) in [6.45, 7) is 0. The van der Waals surface area contributed by atoms with Gasteiger partial charge in [0.1, 0.15) is 0 Å². The van der Waals surface area contributed by atoms with Gasteiger partial charge in [-0.05, 0) is 27.7 Å². The Morgan fingerprint density at radius 1 is 1.38 bits per heavy atom. The number of carbonyl (C=O) groups excluding carboxylic acids is 1. The molecule has 0 unspecified atom stereocenters. The highest BCUT2D eigenvalue weighted by molar-refractivity contribution is 5.86. The Bertz CT molecular complexity index is 543. The molecule has 0 spiro atoms. The van der Waals surface area contributed by atoms with Gasteiger partial charge in [-0.15, -0.1) is 0 Å². The molecule has 3 rings (SSSR count). The molecule has 4 heteroatoms. The molecule has 1 aromatic rings. The Morgan fingerprint density at radius 2 is 2.19 bits per heavy atom. The second kappa shape index (κ2) is 3.22. The Hall–Kier alpha value is -2.06. The summed E-state index contributed by atoms with van der Waals surface area (Å²) in [7, 11) is 0. The molecule has 78 valence electrons. The molecule has 0 N–H and O–H groups in total. The Morgan fingerprint density at radius 3 is 3.00 bits per heavy atom. The molecule has 2 aliphatic carbocycles. The monoisotopic (exact) mass is 211 g/mol. The van der Waals surface area contributed by atoms with Crippen molar-refractivity contribution in [2.75, 3.05) is 0 Å². The van der Waals surface area contributed by atoms with Gasteiger partial charge in [-0.3, -0.25) is 4.79 Å². The average molecular weight is 211 g/mol. The van der Waals surface area contributed by atoms with Crippen LogP contribution < -0.4 is 0 Å². The van der Waals surface area contributed by atoms with E-state index in [9.17, 15) is 4.79 Å². The van der Waals surface area contributed by atoms with Crippen LogP contribution in [0.25, 0.3) is 16.5 Å². The van der Waals surface area contributed by atoms with Crippen molar-refractivity contribution in [2.45, 2.75) is 5.92 Å². The van der Waals surface area contributed by atoms with Gasteiger partial charge in [0, 0.05) is 16.7 Å². The fraction of sp³-hybridized carbons (Fsp3) is 0.250. The van der Waals surface area contributed by atoms with E-state index in [1.165, 1.54) is 11.1 Å². The first-order valence-corrected chi connectivity index (χ1v) is 5.19. The molecule has 0 saturated heterocycles. The molecule has 1 saturated carbocycles. The zero-order valence-electron chi connectivity index (χ0n) is 8.45. The van der Waals surface area contributed by atoms with Crippen molar-refractivity contribution >= 4 is 12.0 Å². The van der Waals surface area contributed by atoms with Gasteiger partial charge >= 0.3 is 0 Å². The van der Waals surface area contributed by atoms with Gasteiger partial charge in [-0.2, -0.15) is 0 Å². The highest BCUT2D eigenvalue weighted by atomic mass is 16.2.